The summed E-state index contributed by atoms with van der Waals surface area (Å²) >= 11 is 0. The zero-order valence-corrected chi connectivity index (χ0v) is 8.87. The molecule has 0 saturated heterocycles. The number of aromatic carboxylic acids is 1. The van der Waals surface area contributed by atoms with E-state index in [0.29, 0.717) is 11.3 Å². The molecule has 0 unspecified atom stereocenters. The number of carboxylic acids is 1. The Kier molecular flexibility index (Phi) is 6.20. The third-order valence-electron chi connectivity index (χ3n) is 1.52. The Morgan fingerprint density at radius 2 is 1.93 bits per heavy atom. The predicted molar refractivity (Wildman–Crippen MR) is 58.9 cm³/mol. The predicted octanol–water partition coefficient (Wildman–Crippen LogP) is 2.84. The van der Waals surface area contributed by atoms with Crippen LogP contribution in [0.2, 0.25) is 0 Å². The van der Waals surface area contributed by atoms with Crippen LogP contribution in [0.4, 0.5) is 5.69 Å². The third kappa shape index (κ3) is 3.47. The van der Waals surface area contributed by atoms with Gasteiger partial charge in [0.2, 0.25) is 0 Å². The Balaban J connectivity index is 0.000000791. The van der Waals surface area contributed by atoms with Crippen molar-refractivity contribution in [1.29, 1.82) is 0 Å². The molecule has 14 heavy (non-hydrogen) atoms. The fourth-order valence-electron chi connectivity index (χ4n) is 1.01. The number of carboxylic acid groups (broad SMARTS) is 1. The molecule has 1 rings (SSSR count). The minimum absolute atomic E-state index is 0.319. The first-order chi connectivity index (χ1) is 6.75. The number of hydrogen-bond acceptors (Lipinski definition) is 2. The average Bonchev–Trinajstić information content (AvgIpc) is 2.22. The Labute approximate surface area is 84.8 Å². The quantitative estimate of drug-likeness (QED) is 0.779. The van der Waals surface area contributed by atoms with Crippen molar-refractivity contribution < 1.29 is 9.90 Å². The number of rotatable bonds is 3. The highest BCUT2D eigenvalue weighted by Gasteiger charge is 2.06. The van der Waals surface area contributed by atoms with Crippen LogP contribution < -0.4 is 5.32 Å². The fraction of sp³-hybridized carbons (Fsp3) is 0.364. The first-order valence-electron chi connectivity index (χ1n) is 4.82. The molecule has 3 heteroatoms. The van der Waals surface area contributed by atoms with Crippen molar-refractivity contribution in [3.8, 4) is 0 Å². The molecule has 0 heterocycles. The van der Waals surface area contributed by atoms with Crippen LogP contribution >= 0.6 is 0 Å². The Morgan fingerprint density at radius 3 is 2.43 bits per heavy atom. The van der Waals surface area contributed by atoms with E-state index in [1.54, 1.807) is 18.2 Å². The van der Waals surface area contributed by atoms with Crippen molar-refractivity contribution in [3.05, 3.63) is 29.8 Å². The average molecular weight is 195 g/mol. The molecule has 0 aliphatic rings. The van der Waals surface area contributed by atoms with E-state index in [1.807, 2.05) is 26.8 Å². The van der Waals surface area contributed by atoms with Gasteiger partial charge in [0.05, 0.1) is 5.56 Å². The van der Waals surface area contributed by atoms with Crippen molar-refractivity contribution >= 4 is 11.7 Å². The van der Waals surface area contributed by atoms with Crippen LogP contribution in [0.3, 0.4) is 0 Å². The molecule has 2 N–H and O–H groups in total. The van der Waals surface area contributed by atoms with Crippen LogP contribution in [0, 0.1) is 0 Å². The molecule has 0 aliphatic heterocycles. The van der Waals surface area contributed by atoms with E-state index in [0.717, 1.165) is 6.54 Å². The Bertz CT molecular complexity index is 284. The maximum absolute atomic E-state index is 10.7. The van der Waals surface area contributed by atoms with Crippen LogP contribution in [-0.4, -0.2) is 17.6 Å². The lowest BCUT2D eigenvalue weighted by Gasteiger charge is -2.05. The Morgan fingerprint density at radius 1 is 1.36 bits per heavy atom. The van der Waals surface area contributed by atoms with Crippen molar-refractivity contribution in [2.24, 2.45) is 0 Å². The molecule has 78 valence electrons. The van der Waals surface area contributed by atoms with Crippen molar-refractivity contribution in [1.82, 2.24) is 0 Å². The molecule has 0 aromatic heterocycles. The van der Waals surface area contributed by atoms with E-state index in [-0.39, 0.29) is 0 Å². The van der Waals surface area contributed by atoms with Crippen LogP contribution in [-0.2, 0) is 0 Å². The van der Waals surface area contributed by atoms with Gasteiger partial charge in [-0.05, 0) is 19.1 Å². The van der Waals surface area contributed by atoms with Crippen LogP contribution in [0.15, 0.2) is 24.3 Å². The van der Waals surface area contributed by atoms with Gasteiger partial charge >= 0.3 is 5.97 Å². The number of hydrogen-bond donors (Lipinski definition) is 2. The molecule has 1 aromatic rings. The van der Waals surface area contributed by atoms with Gasteiger partial charge in [-0.2, -0.15) is 0 Å². The third-order valence-corrected chi connectivity index (χ3v) is 1.52. The summed E-state index contributed by atoms with van der Waals surface area (Å²) in [5.41, 5.74) is 0.992. The second-order valence-corrected chi connectivity index (χ2v) is 2.38. The van der Waals surface area contributed by atoms with Crippen LogP contribution in [0.1, 0.15) is 31.1 Å². The summed E-state index contributed by atoms with van der Waals surface area (Å²) in [6.07, 6.45) is 0. The van der Waals surface area contributed by atoms with E-state index in [1.165, 1.54) is 0 Å². The molecule has 1 aromatic carbocycles. The molecule has 0 atom stereocenters. The van der Waals surface area contributed by atoms with Gasteiger partial charge in [0, 0.05) is 12.2 Å². The molecule has 3 nitrogen and oxygen atoms in total. The van der Waals surface area contributed by atoms with Crippen molar-refractivity contribution in [3.63, 3.8) is 0 Å². The summed E-state index contributed by atoms with van der Waals surface area (Å²) in [5, 5.41) is 11.7. The van der Waals surface area contributed by atoms with Gasteiger partial charge < -0.3 is 10.4 Å². The van der Waals surface area contributed by atoms with E-state index >= 15 is 0 Å². The second kappa shape index (κ2) is 6.95. The summed E-state index contributed by atoms with van der Waals surface area (Å²) < 4.78 is 0. The number of anilines is 1. The normalized spacial score (nSPS) is 8.50. The maximum atomic E-state index is 10.7. The van der Waals surface area contributed by atoms with E-state index in [9.17, 15) is 4.79 Å². The van der Waals surface area contributed by atoms with Crippen molar-refractivity contribution in [2.45, 2.75) is 20.8 Å². The first kappa shape index (κ1) is 12.5. The highest BCUT2D eigenvalue weighted by atomic mass is 16.4. The fourth-order valence-corrected chi connectivity index (χ4v) is 1.01. The smallest absolute Gasteiger partial charge is 0.337 e. The molecule has 0 amide bonds. The number of carbonyl (C=O) groups is 1. The molecular weight excluding hydrogens is 178 g/mol. The lowest BCUT2D eigenvalue weighted by atomic mass is 10.2. The molecule has 0 saturated carbocycles. The molecule has 0 spiro atoms. The van der Waals surface area contributed by atoms with Gasteiger partial charge in [-0.15, -0.1) is 0 Å². The van der Waals surface area contributed by atoms with Gasteiger partial charge in [0.15, 0.2) is 0 Å². The number of nitrogens with one attached hydrogen (secondary N) is 1. The largest absolute Gasteiger partial charge is 0.478 e. The monoisotopic (exact) mass is 195 g/mol. The van der Waals surface area contributed by atoms with E-state index in [2.05, 4.69) is 5.32 Å². The number of para-hydroxylation sites is 1. The van der Waals surface area contributed by atoms with Crippen LogP contribution in [0.5, 0.6) is 0 Å². The summed E-state index contributed by atoms with van der Waals surface area (Å²) in [6, 6.07) is 6.86. The molecule has 0 radical (unpaired) electrons. The van der Waals surface area contributed by atoms with Crippen LogP contribution in [0.25, 0.3) is 0 Å². The molecule has 0 bridgehead atoms. The standard InChI is InChI=1S/C9H11NO2.C2H6/c1-2-10-8-6-4-3-5-7(8)9(11)12;1-2/h3-6,10H,2H2,1H3,(H,11,12);1-2H3. The SMILES string of the molecule is CC.CCNc1ccccc1C(=O)O. The Hall–Kier alpha value is -1.51. The lowest BCUT2D eigenvalue weighted by molar-refractivity contribution is 0.0698. The van der Waals surface area contributed by atoms with Gasteiger partial charge in [-0.25, -0.2) is 4.79 Å². The summed E-state index contributed by atoms with van der Waals surface area (Å²) in [6.45, 7) is 6.66. The van der Waals surface area contributed by atoms with Gasteiger partial charge in [-0.3, -0.25) is 0 Å². The maximum Gasteiger partial charge on any atom is 0.337 e. The van der Waals surface area contributed by atoms with Gasteiger partial charge in [0.1, 0.15) is 0 Å². The minimum atomic E-state index is -0.897. The number of benzene rings is 1. The zero-order valence-electron chi connectivity index (χ0n) is 8.87. The van der Waals surface area contributed by atoms with E-state index in [4.69, 9.17) is 5.11 Å². The summed E-state index contributed by atoms with van der Waals surface area (Å²) in [7, 11) is 0. The summed E-state index contributed by atoms with van der Waals surface area (Å²) in [5.74, 6) is -0.897. The second-order valence-electron chi connectivity index (χ2n) is 2.38. The molecule has 0 fully saturated rings. The zero-order chi connectivity index (χ0) is 11.0. The highest BCUT2D eigenvalue weighted by molar-refractivity contribution is 5.94. The highest BCUT2D eigenvalue weighted by Crippen LogP contribution is 2.13. The molecular formula is C11H17NO2. The minimum Gasteiger partial charge on any atom is -0.478 e. The molecule has 0 aliphatic carbocycles. The van der Waals surface area contributed by atoms with Gasteiger partial charge in [0.25, 0.3) is 0 Å². The lowest BCUT2D eigenvalue weighted by Crippen LogP contribution is -2.04. The summed E-state index contributed by atoms with van der Waals surface area (Å²) in [4.78, 5) is 10.7. The van der Waals surface area contributed by atoms with Crippen molar-refractivity contribution in [2.75, 3.05) is 11.9 Å². The topological polar surface area (TPSA) is 49.3 Å². The van der Waals surface area contributed by atoms with E-state index < -0.39 is 5.97 Å². The first-order valence-corrected chi connectivity index (χ1v) is 4.82. The van der Waals surface area contributed by atoms with Gasteiger partial charge in [-0.1, -0.05) is 26.0 Å².